The van der Waals surface area contributed by atoms with Crippen LogP contribution >= 0.6 is 0 Å². The van der Waals surface area contributed by atoms with Crippen molar-refractivity contribution in [1.82, 2.24) is 19.6 Å². The van der Waals surface area contributed by atoms with Crippen molar-refractivity contribution in [1.29, 1.82) is 0 Å². The van der Waals surface area contributed by atoms with Crippen molar-refractivity contribution in [3.63, 3.8) is 0 Å². The Labute approximate surface area is 147 Å². The van der Waals surface area contributed by atoms with Gasteiger partial charge >= 0.3 is 0 Å². The van der Waals surface area contributed by atoms with Crippen LogP contribution in [0.5, 0.6) is 5.75 Å². The molecule has 2 aromatic heterocycles. The lowest BCUT2D eigenvalue weighted by atomic mass is 10.2. The maximum atomic E-state index is 12.8. The van der Waals surface area contributed by atoms with Gasteiger partial charge in [0.1, 0.15) is 5.75 Å². The van der Waals surface area contributed by atoms with Crippen LogP contribution in [0.3, 0.4) is 0 Å². The number of aromatic nitrogens is 4. The molecule has 0 aliphatic heterocycles. The summed E-state index contributed by atoms with van der Waals surface area (Å²) in [6, 6.07) is 14.3. The van der Waals surface area contributed by atoms with Crippen molar-refractivity contribution < 1.29 is 4.74 Å². The lowest BCUT2D eigenvalue weighted by molar-refractivity contribution is 0.415. The predicted molar refractivity (Wildman–Crippen MR) is 99.3 cm³/mol. The summed E-state index contributed by atoms with van der Waals surface area (Å²) in [5.74, 6) is 0.864. The van der Waals surface area contributed by atoms with Gasteiger partial charge in [-0.1, -0.05) is 30.3 Å². The summed E-state index contributed by atoms with van der Waals surface area (Å²) in [5.41, 5.74) is 0.896. The second kappa shape index (κ2) is 6.29. The maximum Gasteiger partial charge on any atom is 0.285 e. The first-order chi connectivity index (χ1) is 12.7. The molecule has 4 rings (SSSR count). The third-order valence-corrected chi connectivity index (χ3v) is 4.05. The average molecular weight is 346 g/mol. The number of nitrogens with zero attached hydrogens (tertiary/aromatic N) is 3. The zero-order valence-corrected chi connectivity index (χ0v) is 13.8. The van der Waals surface area contributed by atoms with Crippen LogP contribution in [0.4, 0.5) is 0 Å². The molecule has 0 aliphatic carbocycles. The molecule has 7 heteroatoms. The summed E-state index contributed by atoms with van der Waals surface area (Å²) in [5, 5.41) is 8.33. The van der Waals surface area contributed by atoms with E-state index in [4.69, 9.17) is 4.74 Å². The molecule has 0 aliphatic rings. The number of ether oxygens (including phenoxy) is 1. The van der Waals surface area contributed by atoms with Gasteiger partial charge in [-0.25, -0.2) is 4.40 Å². The number of aromatic amines is 1. The summed E-state index contributed by atoms with van der Waals surface area (Å²) >= 11 is 0. The van der Waals surface area contributed by atoms with Crippen LogP contribution in [0.25, 0.3) is 28.8 Å². The highest BCUT2D eigenvalue weighted by molar-refractivity contribution is 5.80. The Morgan fingerprint density at radius 1 is 1.00 bits per heavy atom. The number of rotatable bonds is 3. The van der Waals surface area contributed by atoms with Crippen LogP contribution < -0.4 is 15.9 Å². The van der Waals surface area contributed by atoms with Crippen LogP contribution in [0.2, 0.25) is 0 Å². The molecule has 0 spiro atoms. The summed E-state index contributed by atoms with van der Waals surface area (Å²) in [4.78, 5) is 27.5. The molecule has 7 nitrogen and oxygen atoms in total. The van der Waals surface area contributed by atoms with Gasteiger partial charge in [-0.2, -0.15) is 0 Å². The Morgan fingerprint density at radius 2 is 1.77 bits per heavy atom. The molecule has 0 radical (unpaired) electrons. The van der Waals surface area contributed by atoms with E-state index >= 15 is 0 Å². The molecular formula is C19H14N4O3. The van der Waals surface area contributed by atoms with E-state index in [1.165, 1.54) is 4.40 Å². The number of hydrogen-bond donors (Lipinski definition) is 1. The zero-order valence-electron chi connectivity index (χ0n) is 13.8. The van der Waals surface area contributed by atoms with Gasteiger partial charge in [0.15, 0.2) is 5.69 Å². The van der Waals surface area contributed by atoms with Crippen molar-refractivity contribution in [3.8, 4) is 5.75 Å². The zero-order chi connectivity index (χ0) is 18.1. The Morgan fingerprint density at radius 3 is 2.54 bits per heavy atom. The predicted octanol–water partition coefficient (Wildman–Crippen LogP) is 2.11. The van der Waals surface area contributed by atoms with E-state index in [2.05, 4.69) is 15.2 Å². The smallest absolute Gasteiger partial charge is 0.285 e. The summed E-state index contributed by atoms with van der Waals surface area (Å²) < 4.78 is 6.48. The summed E-state index contributed by atoms with van der Waals surface area (Å²) in [6.45, 7) is 0. The molecule has 0 amide bonds. The van der Waals surface area contributed by atoms with Crippen LogP contribution in [-0.4, -0.2) is 26.7 Å². The van der Waals surface area contributed by atoms with Gasteiger partial charge in [-0.15, -0.1) is 10.2 Å². The van der Waals surface area contributed by atoms with E-state index in [9.17, 15) is 9.59 Å². The molecule has 0 fully saturated rings. The van der Waals surface area contributed by atoms with Crippen LogP contribution in [-0.2, 0) is 0 Å². The topological polar surface area (TPSA) is 89.3 Å². The van der Waals surface area contributed by atoms with Gasteiger partial charge in [-0.05, 0) is 35.9 Å². The van der Waals surface area contributed by atoms with Crippen LogP contribution in [0, 0.1) is 0 Å². The first-order valence-electron chi connectivity index (χ1n) is 7.90. The van der Waals surface area contributed by atoms with Crippen molar-refractivity contribution in [2.75, 3.05) is 7.11 Å². The second-order valence-corrected chi connectivity index (χ2v) is 5.63. The van der Waals surface area contributed by atoms with E-state index in [1.807, 2.05) is 24.3 Å². The second-order valence-electron chi connectivity index (χ2n) is 5.63. The SMILES string of the molecule is COc1ccc(/C=C\c2nnc3[nH]c(=O)c4ccccc4n3c2=O)cc1. The number of para-hydroxylation sites is 1. The first kappa shape index (κ1) is 15.8. The molecule has 2 aromatic carbocycles. The molecule has 0 saturated heterocycles. The molecule has 128 valence electrons. The van der Waals surface area contributed by atoms with E-state index in [0.717, 1.165) is 11.3 Å². The Balaban J connectivity index is 1.86. The van der Waals surface area contributed by atoms with Crippen molar-refractivity contribution in [2.24, 2.45) is 0 Å². The minimum atomic E-state index is -0.354. The highest BCUT2D eigenvalue weighted by Gasteiger charge is 2.10. The minimum Gasteiger partial charge on any atom is -0.497 e. The van der Waals surface area contributed by atoms with Gasteiger partial charge < -0.3 is 4.74 Å². The van der Waals surface area contributed by atoms with E-state index in [0.29, 0.717) is 10.9 Å². The third kappa shape index (κ3) is 2.65. The number of H-pyrrole nitrogens is 1. The largest absolute Gasteiger partial charge is 0.497 e. The number of fused-ring (bicyclic) bond motifs is 3. The quantitative estimate of drug-likeness (QED) is 0.574. The molecule has 1 N–H and O–H groups in total. The van der Waals surface area contributed by atoms with E-state index in [1.54, 1.807) is 43.5 Å². The third-order valence-electron chi connectivity index (χ3n) is 4.05. The molecule has 0 bridgehead atoms. The molecule has 0 unspecified atom stereocenters. The van der Waals surface area contributed by atoms with E-state index in [-0.39, 0.29) is 22.6 Å². The lowest BCUT2D eigenvalue weighted by Crippen LogP contribution is -2.24. The van der Waals surface area contributed by atoms with Gasteiger partial charge in [0.2, 0.25) is 5.78 Å². The Kier molecular flexibility index (Phi) is 3.81. The lowest BCUT2D eigenvalue weighted by Gasteiger charge is -2.04. The summed E-state index contributed by atoms with van der Waals surface area (Å²) in [7, 11) is 1.60. The fraction of sp³-hybridized carbons (Fsp3) is 0.0526. The highest BCUT2D eigenvalue weighted by atomic mass is 16.5. The molecular weight excluding hydrogens is 332 g/mol. The first-order valence-corrected chi connectivity index (χ1v) is 7.90. The van der Waals surface area contributed by atoms with Gasteiger partial charge in [-0.3, -0.25) is 14.6 Å². The van der Waals surface area contributed by atoms with Crippen molar-refractivity contribution >= 4 is 28.8 Å². The van der Waals surface area contributed by atoms with Gasteiger partial charge in [0, 0.05) is 0 Å². The molecule has 0 atom stereocenters. The minimum absolute atomic E-state index is 0.111. The highest BCUT2D eigenvalue weighted by Crippen LogP contribution is 2.13. The Bertz CT molecular complexity index is 1250. The molecule has 0 saturated carbocycles. The standard InChI is InChI=1S/C19H14N4O3/c1-26-13-9-6-12(7-10-13)8-11-15-18(25)23-16-5-3-2-4-14(16)17(24)20-19(23)22-21-15/h2-11H,1H3,(H,20,22,24)/b11-8-. The van der Waals surface area contributed by atoms with Gasteiger partial charge in [0.25, 0.3) is 11.1 Å². The van der Waals surface area contributed by atoms with Gasteiger partial charge in [0.05, 0.1) is 18.0 Å². The van der Waals surface area contributed by atoms with Crippen molar-refractivity contribution in [3.05, 3.63) is 80.5 Å². The number of hydrogen-bond acceptors (Lipinski definition) is 5. The number of nitrogens with one attached hydrogen (secondary N) is 1. The fourth-order valence-corrected chi connectivity index (χ4v) is 2.73. The maximum absolute atomic E-state index is 12.8. The van der Waals surface area contributed by atoms with E-state index < -0.39 is 0 Å². The van der Waals surface area contributed by atoms with Crippen molar-refractivity contribution in [2.45, 2.75) is 0 Å². The monoisotopic (exact) mass is 346 g/mol. The molecule has 4 aromatic rings. The molecule has 26 heavy (non-hydrogen) atoms. The number of methoxy groups -OCH3 is 1. The van der Waals surface area contributed by atoms with Crippen LogP contribution in [0.15, 0.2) is 58.1 Å². The normalized spacial score (nSPS) is 11.4. The molecule has 2 heterocycles. The average Bonchev–Trinajstić information content (AvgIpc) is 2.68. The Hall–Kier alpha value is -3.74. The summed E-state index contributed by atoms with van der Waals surface area (Å²) in [6.07, 6.45) is 3.37. The van der Waals surface area contributed by atoms with Crippen LogP contribution in [0.1, 0.15) is 11.3 Å². The fourth-order valence-electron chi connectivity index (χ4n) is 2.73. The number of benzene rings is 2.